The van der Waals surface area contributed by atoms with Crippen molar-refractivity contribution in [3.8, 4) is 0 Å². The minimum Gasteiger partial charge on any atom is -0.230 e. The quantitative estimate of drug-likeness (QED) is 0.346. The highest BCUT2D eigenvalue weighted by molar-refractivity contribution is 5.72. The molecular weight excluding hydrogens is 344 g/mol. The number of imidazole rings is 2. The molecule has 2 aromatic heterocycles. The molecule has 4 aromatic rings. The summed E-state index contributed by atoms with van der Waals surface area (Å²) in [7, 11) is 8.77. The van der Waals surface area contributed by atoms with Gasteiger partial charge < -0.3 is 0 Å². The number of aromatic nitrogens is 4. The van der Waals surface area contributed by atoms with Crippen LogP contribution < -0.4 is 9.13 Å². The average molecular weight is 377 g/mol. The number of hydrogen-bond acceptors (Lipinski definition) is 0. The molecular formula is C24H32N4+2. The summed E-state index contributed by atoms with van der Waals surface area (Å²) in [5.74, 6) is 2.84. The lowest BCUT2D eigenvalue weighted by atomic mass is 10.1. The van der Waals surface area contributed by atoms with Crippen LogP contribution in [0.1, 0.15) is 37.3 Å². The normalized spacial score (nSPS) is 11.7. The van der Waals surface area contributed by atoms with Gasteiger partial charge in [-0.1, -0.05) is 37.1 Å². The van der Waals surface area contributed by atoms with Gasteiger partial charge in [0.2, 0.25) is 0 Å². The average Bonchev–Trinajstić information content (AvgIpc) is 3.11. The van der Waals surface area contributed by atoms with E-state index in [9.17, 15) is 0 Å². The molecule has 0 atom stereocenters. The highest BCUT2D eigenvalue weighted by Crippen LogP contribution is 2.16. The van der Waals surface area contributed by atoms with Crippen LogP contribution in [-0.4, -0.2) is 9.13 Å². The topological polar surface area (TPSA) is 17.6 Å². The Morgan fingerprint density at radius 3 is 1.39 bits per heavy atom. The first-order chi connectivity index (χ1) is 13.6. The summed E-state index contributed by atoms with van der Waals surface area (Å²) >= 11 is 0. The van der Waals surface area contributed by atoms with Crippen LogP contribution in [0.3, 0.4) is 0 Å². The molecule has 0 saturated heterocycles. The maximum atomic E-state index is 2.35. The van der Waals surface area contributed by atoms with Crippen molar-refractivity contribution in [2.45, 2.75) is 38.5 Å². The van der Waals surface area contributed by atoms with E-state index in [4.69, 9.17) is 0 Å². The second-order valence-corrected chi connectivity index (χ2v) is 7.96. The van der Waals surface area contributed by atoms with Crippen molar-refractivity contribution in [1.29, 1.82) is 0 Å². The molecule has 4 heteroatoms. The van der Waals surface area contributed by atoms with Gasteiger partial charge in [-0.05, 0) is 37.1 Å². The minimum absolute atomic E-state index is 1.14. The van der Waals surface area contributed by atoms with E-state index >= 15 is 0 Å². The zero-order valence-electron chi connectivity index (χ0n) is 17.7. The first-order valence-corrected chi connectivity index (χ1v) is 10.4. The lowest BCUT2D eigenvalue weighted by molar-refractivity contribution is -0.654. The third-order valence-electron chi connectivity index (χ3n) is 6.31. The molecule has 4 rings (SSSR count). The summed E-state index contributed by atoms with van der Waals surface area (Å²) in [4.78, 5) is 0. The maximum absolute atomic E-state index is 2.35. The van der Waals surface area contributed by atoms with Crippen molar-refractivity contribution in [1.82, 2.24) is 9.13 Å². The van der Waals surface area contributed by atoms with E-state index in [-0.39, 0.29) is 0 Å². The SMILES string of the molecule is Cn1c(CCCCCCc2n(C)c3ccccc3[n+]2C)[n+](C)c2ccccc21. The molecule has 4 nitrogen and oxygen atoms in total. The van der Waals surface area contributed by atoms with Gasteiger partial charge in [-0.15, -0.1) is 0 Å². The van der Waals surface area contributed by atoms with Gasteiger partial charge in [-0.3, -0.25) is 0 Å². The predicted octanol–water partition coefficient (Wildman–Crippen LogP) is 3.66. The molecule has 2 aromatic carbocycles. The van der Waals surface area contributed by atoms with Crippen LogP contribution in [0.25, 0.3) is 22.1 Å². The molecule has 0 bridgehead atoms. The Labute approximate surface area is 167 Å². The van der Waals surface area contributed by atoms with Gasteiger partial charge in [0, 0.05) is 12.8 Å². The molecule has 0 N–H and O–H groups in total. The standard InChI is InChI=1S/C24H32N4/c1-25-19-13-9-10-14-20(19)26(2)23(25)17-7-5-6-8-18-24-27(3)21-15-11-12-16-22(21)28(24)4/h9-16H,5-8,17-18H2,1-4H3/q+2. The van der Waals surface area contributed by atoms with Gasteiger partial charge in [0.1, 0.15) is 0 Å². The fourth-order valence-electron chi connectivity index (χ4n) is 4.66. The highest BCUT2D eigenvalue weighted by atomic mass is 15.1. The monoisotopic (exact) mass is 376 g/mol. The van der Waals surface area contributed by atoms with E-state index in [1.54, 1.807) is 0 Å². The zero-order valence-corrected chi connectivity index (χ0v) is 17.7. The largest absolute Gasteiger partial charge is 0.256 e. The molecule has 0 fully saturated rings. The molecule has 0 amide bonds. The number of unbranched alkanes of at least 4 members (excludes halogenated alkanes) is 3. The third kappa shape index (κ3) is 3.21. The lowest BCUT2D eigenvalue weighted by Gasteiger charge is -2.01. The molecule has 0 aliphatic heterocycles. The molecule has 0 aliphatic carbocycles. The molecule has 28 heavy (non-hydrogen) atoms. The molecule has 0 unspecified atom stereocenters. The van der Waals surface area contributed by atoms with Crippen LogP contribution in [-0.2, 0) is 41.0 Å². The number of rotatable bonds is 7. The summed E-state index contributed by atoms with van der Waals surface area (Å²) in [6.45, 7) is 0. The van der Waals surface area contributed by atoms with E-state index in [2.05, 4.69) is 95.0 Å². The number of fused-ring (bicyclic) bond motifs is 2. The van der Waals surface area contributed by atoms with E-state index in [0.29, 0.717) is 0 Å². The van der Waals surface area contributed by atoms with Crippen molar-refractivity contribution in [3.05, 3.63) is 60.2 Å². The van der Waals surface area contributed by atoms with Crippen LogP contribution in [0.5, 0.6) is 0 Å². The van der Waals surface area contributed by atoms with Crippen molar-refractivity contribution in [2.75, 3.05) is 0 Å². The van der Waals surface area contributed by atoms with Crippen molar-refractivity contribution in [3.63, 3.8) is 0 Å². The Morgan fingerprint density at radius 1 is 0.607 bits per heavy atom. The van der Waals surface area contributed by atoms with Gasteiger partial charge in [0.05, 0.1) is 28.2 Å². The highest BCUT2D eigenvalue weighted by Gasteiger charge is 2.20. The Kier molecular flexibility index (Phi) is 5.21. The van der Waals surface area contributed by atoms with Gasteiger partial charge >= 0.3 is 0 Å². The molecule has 0 radical (unpaired) electrons. The first-order valence-electron chi connectivity index (χ1n) is 10.4. The number of hydrogen-bond donors (Lipinski definition) is 0. The summed E-state index contributed by atoms with van der Waals surface area (Å²) in [5, 5.41) is 0. The van der Waals surface area contributed by atoms with Crippen LogP contribution in [0.15, 0.2) is 48.5 Å². The second kappa shape index (κ2) is 7.78. The number of nitrogens with zero attached hydrogens (tertiary/aromatic N) is 4. The molecule has 2 heterocycles. The minimum atomic E-state index is 1.14. The Morgan fingerprint density at radius 2 is 1.00 bits per heavy atom. The van der Waals surface area contributed by atoms with E-state index in [1.807, 2.05) is 0 Å². The lowest BCUT2D eigenvalue weighted by Crippen LogP contribution is -2.33. The van der Waals surface area contributed by atoms with E-state index < -0.39 is 0 Å². The summed E-state index contributed by atoms with van der Waals surface area (Å²) in [6.07, 6.45) is 7.36. The Balaban J connectivity index is 1.32. The van der Waals surface area contributed by atoms with Crippen LogP contribution in [0.2, 0.25) is 0 Å². The molecule has 0 spiro atoms. The van der Waals surface area contributed by atoms with E-state index in [0.717, 1.165) is 12.8 Å². The van der Waals surface area contributed by atoms with Gasteiger partial charge in [-0.25, -0.2) is 18.3 Å². The number of para-hydroxylation sites is 4. The maximum Gasteiger partial charge on any atom is 0.256 e. The fourth-order valence-corrected chi connectivity index (χ4v) is 4.66. The number of benzene rings is 2. The molecule has 0 aliphatic rings. The summed E-state index contributed by atoms with van der Waals surface area (Å²) < 4.78 is 9.41. The van der Waals surface area contributed by atoms with Gasteiger partial charge in [-0.2, -0.15) is 0 Å². The molecule has 0 saturated carbocycles. The van der Waals surface area contributed by atoms with Crippen LogP contribution in [0, 0.1) is 0 Å². The van der Waals surface area contributed by atoms with Gasteiger partial charge in [0.25, 0.3) is 11.6 Å². The van der Waals surface area contributed by atoms with Crippen LogP contribution >= 0.6 is 0 Å². The van der Waals surface area contributed by atoms with Crippen molar-refractivity contribution < 1.29 is 9.13 Å². The molecule has 146 valence electrons. The van der Waals surface area contributed by atoms with Gasteiger partial charge in [0.15, 0.2) is 22.1 Å². The van der Waals surface area contributed by atoms with Crippen molar-refractivity contribution >= 4 is 22.1 Å². The first kappa shape index (κ1) is 18.7. The number of aryl methyl sites for hydroxylation is 4. The Bertz CT molecular complexity index is 949. The predicted molar refractivity (Wildman–Crippen MR) is 114 cm³/mol. The third-order valence-corrected chi connectivity index (χ3v) is 6.31. The summed E-state index contributed by atoms with van der Waals surface area (Å²) in [6, 6.07) is 17.3. The zero-order chi connectivity index (χ0) is 19.7. The smallest absolute Gasteiger partial charge is 0.230 e. The summed E-state index contributed by atoms with van der Waals surface area (Å²) in [5.41, 5.74) is 5.29. The van der Waals surface area contributed by atoms with E-state index in [1.165, 1.54) is 59.4 Å². The van der Waals surface area contributed by atoms with Crippen LogP contribution in [0.4, 0.5) is 0 Å². The Hall–Kier alpha value is -2.62. The second-order valence-electron chi connectivity index (χ2n) is 7.96. The van der Waals surface area contributed by atoms with Crippen molar-refractivity contribution in [2.24, 2.45) is 28.2 Å². The fraction of sp³-hybridized carbons (Fsp3) is 0.417.